The molecule has 21 heavy (non-hydrogen) atoms. The van der Waals surface area contributed by atoms with Crippen LogP contribution in [0.1, 0.15) is 22.4 Å². The molecule has 0 aliphatic heterocycles. The molecule has 4 nitrogen and oxygen atoms in total. The number of pyridine rings is 1. The number of rotatable bonds is 3. The van der Waals surface area contributed by atoms with E-state index in [4.69, 9.17) is 0 Å². The standard InChI is InChI=1S/C16H17FN2O2/c1-9-10(2)16(18-11(3)15(9)21)19-14(20)8-12-4-6-13(17)7-5-12/h4-7,21H,8H2,1-3H3,(H,18,19,20). The number of hydrogen-bond acceptors (Lipinski definition) is 3. The van der Waals surface area contributed by atoms with Gasteiger partial charge in [-0.15, -0.1) is 0 Å². The fourth-order valence-electron chi connectivity index (χ4n) is 2.02. The largest absolute Gasteiger partial charge is 0.506 e. The van der Waals surface area contributed by atoms with E-state index in [-0.39, 0.29) is 23.9 Å². The van der Waals surface area contributed by atoms with Gasteiger partial charge in [0.05, 0.1) is 12.1 Å². The number of aryl methyl sites for hydroxylation is 1. The van der Waals surface area contributed by atoms with E-state index in [9.17, 15) is 14.3 Å². The van der Waals surface area contributed by atoms with Gasteiger partial charge in [0.2, 0.25) is 5.91 Å². The molecule has 2 rings (SSSR count). The summed E-state index contributed by atoms with van der Waals surface area (Å²) in [5.41, 5.74) is 2.61. The van der Waals surface area contributed by atoms with Crippen molar-refractivity contribution in [1.82, 2.24) is 4.98 Å². The quantitative estimate of drug-likeness (QED) is 0.912. The van der Waals surface area contributed by atoms with Gasteiger partial charge in [0, 0.05) is 0 Å². The minimum absolute atomic E-state index is 0.139. The van der Waals surface area contributed by atoms with E-state index in [1.54, 1.807) is 32.9 Å². The second-order valence-electron chi connectivity index (χ2n) is 5.00. The Bertz CT molecular complexity index is 682. The van der Waals surface area contributed by atoms with Gasteiger partial charge in [0.15, 0.2) is 0 Å². The normalized spacial score (nSPS) is 10.5. The third kappa shape index (κ3) is 3.37. The number of aromatic nitrogens is 1. The van der Waals surface area contributed by atoms with Crippen LogP contribution in [0.25, 0.3) is 0 Å². The number of benzene rings is 1. The maximum absolute atomic E-state index is 12.8. The number of carbonyl (C=O) groups is 1. The fourth-order valence-corrected chi connectivity index (χ4v) is 2.02. The maximum Gasteiger partial charge on any atom is 0.229 e. The summed E-state index contributed by atoms with van der Waals surface area (Å²) in [7, 11) is 0. The lowest BCUT2D eigenvalue weighted by Crippen LogP contribution is -2.17. The number of halogens is 1. The highest BCUT2D eigenvalue weighted by atomic mass is 19.1. The molecule has 2 N–H and O–H groups in total. The van der Waals surface area contributed by atoms with Gasteiger partial charge in [-0.05, 0) is 49.6 Å². The number of amides is 1. The van der Waals surface area contributed by atoms with Crippen molar-refractivity contribution in [2.24, 2.45) is 0 Å². The lowest BCUT2D eigenvalue weighted by atomic mass is 10.1. The van der Waals surface area contributed by atoms with Crippen LogP contribution < -0.4 is 5.32 Å². The highest BCUT2D eigenvalue weighted by molar-refractivity contribution is 5.92. The zero-order valence-corrected chi connectivity index (χ0v) is 12.2. The molecule has 0 bridgehead atoms. The summed E-state index contributed by atoms with van der Waals surface area (Å²) in [6.07, 6.45) is 0.139. The van der Waals surface area contributed by atoms with Crippen molar-refractivity contribution in [3.05, 3.63) is 52.5 Å². The Labute approximate surface area is 122 Å². The molecule has 1 aromatic carbocycles. The lowest BCUT2D eigenvalue weighted by molar-refractivity contribution is -0.115. The van der Waals surface area contributed by atoms with Crippen LogP contribution in [0.5, 0.6) is 5.75 Å². The SMILES string of the molecule is Cc1nc(NC(=O)Cc2ccc(F)cc2)c(C)c(C)c1O. The van der Waals surface area contributed by atoms with Crippen LogP contribution >= 0.6 is 0 Å². The molecule has 0 fully saturated rings. The topological polar surface area (TPSA) is 62.2 Å². The Morgan fingerprint density at radius 2 is 1.81 bits per heavy atom. The minimum atomic E-state index is -0.332. The molecule has 0 aliphatic carbocycles. The molecular weight excluding hydrogens is 271 g/mol. The number of anilines is 1. The lowest BCUT2D eigenvalue weighted by Gasteiger charge is -2.12. The van der Waals surface area contributed by atoms with Gasteiger partial charge in [-0.25, -0.2) is 9.37 Å². The second kappa shape index (κ2) is 5.91. The summed E-state index contributed by atoms with van der Waals surface area (Å²) in [6.45, 7) is 5.24. The molecule has 5 heteroatoms. The van der Waals surface area contributed by atoms with Gasteiger partial charge >= 0.3 is 0 Å². The first-order valence-corrected chi connectivity index (χ1v) is 6.59. The van der Waals surface area contributed by atoms with Gasteiger partial charge in [0.25, 0.3) is 0 Å². The van der Waals surface area contributed by atoms with Crippen LogP contribution in [0.3, 0.4) is 0 Å². The van der Waals surface area contributed by atoms with Crippen LogP contribution in [0.2, 0.25) is 0 Å². The van der Waals surface area contributed by atoms with Crippen molar-refractivity contribution in [1.29, 1.82) is 0 Å². The number of aromatic hydroxyl groups is 1. The van der Waals surface area contributed by atoms with Crippen LogP contribution in [-0.4, -0.2) is 16.0 Å². The zero-order valence-electron chi connectivity index (χ0n) is 12.2. The molecule has 0 aliphatic rings. The van der Waals surface area contributed by atoms with Crippen LogP contribution in [0.4, 0.5) is 10.2 Å². The van der Waals surface area contributed by atoms with E-state index < -0.39 is 0 Å². The summed E-state index contributed by atoms with van der Waals surface area (Å²) >= 11 is 0. The Hall–Kier alpha value is -2.43. The number of carbonyl (C=O) groups excluding carboxylic acids is 1. The van der Waals surface area contributed by atoms with Gasteiger partial charge in [-0.3, -0.25) is 4.79 Å². The minimum Gasteiger partial charge on any atom is -0.506 e. The molecule has 0 radical (unpaired) electrons. The summed E-state index contributed by atoms with van der Waals surface area (Å²) in [5, 5.41) is 12.5. The zero-order chi connectivity index (χ0) is 15.6. The van der Waals surface area contributed by atoms with Crippen molar-refractivity contribution >= 4 is 11.7 Å². The highest BCUT2D eigenvalue weighted by Gasteiger charge is 2.13. The monoisotopic (exact) mass is 288 g/mol. The molecule has 0 unspecified atom stereocenters. The summed E-state index contributed by atoms with van der Waals surface area (Å²) in [4.78, 5) is 16.2. The second-order valence-corrected chi connectivity index (χ2v) is 5.00. The Kier molecular flexibility index (Phi) is 4.21. The first kappa shape index (κ1) is 15.0. The van der Waals surface area contributed by atoms with Crippen molar-refractivity contribution in [3.63, 3.8) is 0 Å². The molecule has 0 atom stereocenters. The van der Waals surface area contributed by atoms with Crippen LogP contribution in [0.15, 0.2) is 24.3 Å². The number of nitrogens with one attached hydrogen (secondary N) is 1. The van der Waals surface area contributed by atoms with E-state index in [0.29, 0.717) is 17.1 Å². The Morgan fingerprint density at radius 3 is 2.43 bits per heavy atom. The average Bonchev–Trinajstić information content (AvgIpc) is 2.45. The summed E-state index contributed by atoms with van der Waals surface area (Å²) in [6, 6.07) is 5.78. The molecular formula is C16H17FN2O2. The maximum atomic E-state index is 12.8. The number of nitrogens with zero attached hydrogens (tertiary/aromatic N) is 1. The Morgan fingerprint density at radius 1 is 1.19 bits per heavy atom. The van der Waals surface area contributed by atoms with Crippen molar-refractivity contribution in [2.45, 2.75) is 27.2 Å². The smallest absolute Gasteiger partial charge is 0.229 e. The molecule has 0 saturated heterocycles. The predicted molar refractivity (Wildman–Crippen MR) is 78.8 cm³/mol. The number of hydrogen-bond donors (Lipinski definition) is 2. The van der Waals surface area contributed by atoms with Crippen molar-refractivity contribution < 1.29 is 14.3 Å². The Balaban J connectivity index is 2.15. The third-order valence-corrected chi connectivity index (χ3v) is 3.43. The average molecular weight is 288 g/mol. The first-order valence-electron chi connectivity index (χ1n) is 6.59. The predicted octanol–water partition coefficient (Wildman–Crippen LogP) is 3.03. The van der Waals surface area contributed by atoms with E-state index in [1.807, 2.05) is 0 Å². The molecule has 1 aromatic heterocycles. The van der Waals surface area contributed by atoms with Gasteiger partial charge in [-0.1, -0.05) is 12.1 Å². The first-order chi connectivity index (χ1) is 9.88. The van der Waals surface area contributed by atoms with E-state index in [1.165, 1.54) is 12.1 Å². The summed E-state index contributed by atoms with van der Waals surface area (Å²) < 4.78 is 12.8. The molecule has 1 amide bonds. The fraction of sp³-hybridized carbons (Fsp3) is 0.250. The highest BCUT2D eigenvalue weighted by Crippen LogP contribution is 2.27. The van der Waals surface area contributed by atoms with Crippen molar-refractivity contribution in [3.8, 4) is 5.75 Å². The van der Waals surface area contributed by atoms with Crippen LogP contribution in [0, 0.1) is 26.6 Å². The van der Waals surface area contributed by atoms with Crippen LogP contribution in [-0.2, 0) is 11.2 Å². The van der Waals surface area contributed by atoms with E-state index in [0.717, 1.165) is 11.1 Å². The van der Waals surface area contributed by atoms with Gasteiger partial charge < -0.3 is 10.4 Å². The molecule has 0 spiro atoms. The van der Waals surface area contributed by atoms with Gasteiger partial charge in [-0.2, -0.15) is 0 Å². The van der Waals surface area contributed by atoms with Gasteiger partial charge in [0.1, 0.15) is 17.4 Å². The van der Waals surface area contributed by atoms with Crippen molar-refractivity contribution in [2.75, 3.05) is 5.32 Å². The summed E-state index contributed by atoms with van der Waals surface area (Å²) in [5.74, 6) is 0.0158. The molecule has 1 heterocycles. The molecule has 0 saturated carbocycles. The third-order valence-electron chi connectivity index (χ3n) is 3.43. The van der Waals surface area contributed by atoms with E-state index in [2.05, 4.69) is 10.3 Å². The molecule has 2 aromatic rings. The molecule has 110 valence electrons. The van der Waals surface area contributed by atoms with E-state index >= 15 is 0 Å².